The molecule has 4 heteroatoms. The summed E-state index contributed by atoms with van der Waals surface area (Å²) in [6.45, 7) is 5.73. The molecule has 1 aromatic rings. The molecule has 1 fully saturated rings. The van der Waals surface area contributed by atoms with Crippen molar-refractivity contribution in [1.29, 1.82) is 0 Å². The molecule has 0 aliphatic heterocycles. The van der Waals surface area contributed by atoms with Gasteiger partial charge >= 0.3 is 0 Å². The van der Waals surface area contributed by atoms with Crippen molar-refractivity contribution in [3.63, 3.8) is 0 Å². The smallest absolute Gasteiger partial charge is 0.147 e. The van der Waals surface area contributed by atoms with E-state index >= 15 is 0 Å². The number of aromatic nitrogens is 3. The van der Waals surface area contributed by atoms with E-state index in [1.807, 2.05) is 18.5 Å². The van der Waals surface area contributed by atoms with Gasteiger partial charge in [-0.1, -0.05) is 0 Å². The summed E-state index contributed by atoms with van der Waals surface area (Å²) in [6.07, 6.45) is 3.70. The van der Waals surface area contributed by atoms with Crippen molar-refractivity contribution >= 4 is 0 Å². The van der Waals surface area contributed by atoms with Crippen LogP contribution in [0, 0.1) is 19.3 Å². The third-order valence-corrected chi connectivity index (χ3v) is 3.08. The molecule has 0 aromatic carbocycles. The summed E-state index contributed by atoms with van der Waals surface area (Å²) in [5, 5.41) is 4.38. The van der Waals surface area contributed by atoms with E-state index in [1.54, 1.807) is 0 Å². The average Bonchev–Trinajstić information content (AvgIpc) is 2.77. The molecule has 0 amide bonds. The molecule has 0 bridgehead atoms. The minimum absolute atomic E-state index is 0.444. The number of aryl methyl sites for hydroxylation is 2. The third-order valence-electron chi connectivity index (χ3n) is 3.08. The number of hydrogen-bond donors (Lipinski definition) is 1. The fourth-order valence-corrected chi connectivity index (χ4v) is 2.00. The number of nitrogens with two attached hydrogens (primary N) is 1. The van der Waals surface area contributed by atoms with Gasteiger partial charge in [-0.25, -0.2) is 9.67 Å². The minimum atomic E-state index is 0.444. The average molecular weight is 194 g/mol. The van der Waals surface area contributed by atoms with Crippen LogP contribution in [0.3, 0.4) is 0 Å². The zero-order chi connectivity index (χ0) is 10.2. The number of hydrogen-bond acceptors (Lipinski definition) is 3. The van der Waals surface area contributed by atoms with E-state index in [-0.39, 0.29) is 0 Å². The lowest BCUT2D eigenvalue weighted by molar-refractivity contribution is 0.370. The summed E-state index contributed by atoms with van der Waals surface area (Å²) in [5.74, 6) is 1.89. The molecule has 1 saturated carbocycles. The molecular weight excluding hydrogens is 176 g/mol. The van der Waals surface area contributed by atoms with Gasteiger partial charge < -0.3 is 5.73 Å². The first kappa shape index (κ1) is 9.65. The van der Waals surface area contributed by atoms with Crippen molar-refractivity contribution in [1.82, 2.24) is 14.8 Å². The van der Waals surface area contributed by atoms with Gasteiger partial charge in [0, 0.05) is 6.54 Å². The molecule has 4 nitrogen and oxygen atoms in total. The van der Waals surface area contributed by atoms with Gasteiger partial charge in [-0.2, -0.15) is 5.10 Å². The predicted octanol–water partition coefficient (Wildman–Crippen LogP) is 1.02. The molecule has 0 saturated heterocycles. The molecule has 1 heterocycles. The minimum Gasteiger partial charge on any atom is -0.330 e. The highest BCUT2D eigenvalue weighted by Gasteiger charge is 2.42. The Hall–Kier alpha value is -0.900. The van der Waals surface area contributed by atoms with Crippen molar-refractivity contribution in [3.8, 4) is 0 Å². The summed E-state index contributed by atoms with van der Waals surface area (Å²) in [7, 11) is 0. The summed E-state index contributed by atoms with van der Waals surface area (Å²) in [4.78, 5) is 4.30. The lowest BCUT2D eigenvalue weighted by atomic mass is 10.0. The highest BCUT2D eigenvalue weighted by Crippen LogP contribution is 2.49. The van der Waals surface area contributed by atoms with Crippen molar-refractivity contribution in [2.75, 3.05) is 6.54 Å². The molecule has 14 heavy (non-hydrogen) atoms. The Morgan fingerprint density at radius 2 is 2.14 bits per heavy atom. The molecule has 0 spiro atoms. The van der Waals surface area contributed by atoms with E-state index < -0.39 is 0 Å². The lowest BCUT2D eigenvalue weighted by Crippen LogP contribution is -2.18. The summed E-state index contributed by atoms with van der Waals surface area (Å²) in [5.41, 5.74) is 6.05. The van der Waals surface area contributed by atoms with Gasteiger partial charge in [-0.3, -0.25) is 0 Å². The second-order valence-electron chi connectivity index (χ2n) is 4.40. The molecule has 2 N–H and O–H groups in total. The van der Waals surface area contributed by atoms with Crippen molar-refractivity contribution in [2.24, 2.45) is 11.1 Å². The molecule has 0 radical (unpaired) electrons. The number of rotatable bonds is 4. The monoisotopic (exact) mass is 194 g/mol. The first-order valence-corrected chi connectivity index (χ1v) is 5.23. The van der Waals surface area contributed by atoms with Gasteiger partial charge in [-0.05, 0) is 45.1 Å². The molecule has 1 aliphatic carbocycles. The van der Waals surface area contributed by atoms with Crippen molar-refractivity contribution in [3.05, 3.63) is 11.6 Å². The van der Waals surface area contributed by atoms with Gasteiger partial charge in [0.1, 0.15) is 11.6 Å². The molecule has 0 unspecified atom stereocenters. The van der Waals surface area contributed by atoms with Gasteiger partial charge in [-0.15, -0.1) is 0 Å². The topological polar surface area (TPSA) is 56.7 Å². The number of nitrogens with zero attached hydrogens (tertiary/aromatic N) is 3. The molecule has 2 rings (SSSR count). The normalized spacial score (nSPS) is 18.5. The third kappa shape index (κ3) is 1.80. The SMILES string of the molecule is Cc1nc(C)n(CC2(CCN)CC2)n1. The maximum atomic E-state index is 5.61. The largest absolute Gasteiger partial charge is 0.330 e. The Bertz CT molecular complexity index is 325. The lowest BCUT2D eigenvalue weighted by Gasteiger charge is -2.14. The van der Waals surface area contributed by atoms with E-state index in [0.29, 0.717) is 5.41 Å². The quantitative estimate of drug-likeness (QED) is 0.778. The molecular formula is C10H18N4. The maximum absolute atomic E-state index is 5.61. The van der Waals surface area contributed by atoms with Crippen LogP contribution in [0.5, 0.6) is 0 Å². The van der Waals surface area contributed by atoms with E-state index in [2.05, 4.69) is 10.1 Å². The molecule has 78 valence electrons. The van der Waals surface area contributed by atoms with Crippen LogP contribution in [0.2, 0.25) is 0 Å². The van der Waals surface area contributed by atoms with Crippen LogP contribution in [-0.4, -0.2) is 21.3 Å². The van der Waals surface area contributed by atoms with E-state index in [0.717, 1.165) is 31.2 Å². The zero-order valence-corrected chi connectivity index (χ0v) is 8.95. The van der Waals surface area contributed by atoms with E-state index in [4.69, 9.17) is 5.73 Å². The second kappa shape index (κ2) is 3.35. The maximum Gasteiger partial charge on any atom is 0.147 e. The summed E-state index contributed by atoms with van der Waals surface area (Å²) < 4.78 is 2.03. The van der Waals surface area contributed by atoms with Crippen LogP contribution < -0.4 is 5.73 Å². The molecule has 1 aliphatic rings. The first-order chi connectivity index (χ1) is 6.65. The Balaban J connectivity index is 2.07. The predicted molar refractivity (Wildman–Crippen MR) is 54.8 cm³/mol. The van der Waals surface area contributed by atoms with Gasteiger partial charge in [0.05, 0.1) is 0 Å². The van der Waals surface area contributed by atoms with Crippen molar-refractivity contribution < 1.29 is 0 Å². The van der Waals surface area contributed by atoms with Crippen LogP contribution in [0.15, 0.2) is 0 Å². The molecule has 1 aromatic heterocycles. The Kier molecular flexibility index (Phi) is 2.31. The van der Waals surface area contributed by atoms with Gasteiger partial charge in [0.2, 0.25) is 0 Å². The fourth-order valence-electron chi connectivity index (χ4n) is 2.00. The van der Waals surface area contributed by atoms with Gasteiger partial charge in [0.25, 0.3) is 0 Å². The van der Waals surface area contributed by atoms with Crippen molar-refractivity contribution in [2.45, 2.75) is 39.7 Å². The van der Waals surface area contributed by atoms with Crippen LogP contribution in [-0.2, 0) is 6.54 Å². The second-order valence-corrected chi connectivity index (χ2v) is 4.40. The Morgan fingerprint density at radius 1 is 1.43 bits per heavy atom. The zero-order valence-electron chi connectivity index (χ0n) is 8.95. The van der Waals surface area contributed by atoms with E-state index in [1.165, 1.54) is 12.8 Å². The summed E-state index contributed by atoms with van der Waals surface area (Å²) in [6, 6.07) is 0. The molecule has 0 atom stereocenters. The van der Waals surface area contributed by atoms with E-state index in [9.17, 15) is 0 Å². The van der Waals surface area contributed by atoms with Gasteiger partial charge in [0.15, 0.2) is 0 Å². The van der Waals surface area contributed by atoms with Crippen LogP contribution in [0.1, 0.15) is 30.9 Å². The summed E-state index contributed by atoms with van der Waals surface area (Å²) >= 11 is 0. The standard InChI is InChI=1S/C10H18N4/c1-8-12-9(2)14(13-8)7-10(3-4-10)5-6-11/h3-7,11H2,1-2H3. The fraction of sp³-hybridized carbons (Fsp3) is 0.800. The van der Waals surface area contributed by atoms with Crippen LogP contribution in [0.25, 0.3) is 0 Å². The van der Waals surface area contributed by atoms with Crippen LogP contribution in [0.4, 0.5) is 0 Å². The van der Waals surface area contributed by atoms with Crippen LogP contribution >= 0.6 is 0 Å². The highest BCUT2D eigenvalue weighted by atomic mass is 15.3. The highest BCUT2D eigenvalue weighted by molar-refractivity contribution is 4.96. The Morgan fingerprint density at radius 3 is 2.57 bits per heavy atom. The first-order valence-electron chi connectivity index (χ1n) is 5.23. The Labute approximate surface area is 84.5 Å².